The highest BCUT2D eigenvalue weighted by atomic mass is 19.1. The van der Waals surface area contributed by atoms with Gasteiger partial charge in [0.05, 0.1) is 5.56 Å². The normalized spacial score (nSPS) is 13.0. The number of ether oxygens (including phenoxy) is 2. The first-order chi connectivity index (χ1) is 11.6. The van der Waals surface area contributed by atoms with Gasteiger partial charge >= 0.3 is 5.97 Å². The Balaban J connectivity index is 1.49. The van der Waals surface area contributed by atoms with Crippen LogP contribution < -0.4 is 10.1 Å². The summed E-state index contributed by atoms with van der Waals surface area (Å²) in [5.41, 5.74) is 1.71. The molecule has 2 aromatic carbocycles. The molecule has 0 aliphatic carbocycles. The minimum Gasteiger partial charge on any atom is -0.490 e. The van der Waals surface area contributed by atoms with E-state index in [1.165, 1.54) is 18.2 Å². The van der Waals surface area contributed by atoms with Gasteiger partial charge in [-0.25, -0.2) is 9.18 Å². The number of hydrogen-bond donors (Lipinski definition) is 1. The van der Waals surface area contributed by atoms with E-state index in [0.717, 1.165) is 11.3 Å². The lowest BCUT2D eigenvalue weighted by molar-refractivity contribution is -0.116. The second-order valence-corrected chi connectivity index (χ2v) is 5.33. The molecule has 0 radical (unpaired) electrons. The summed E-state index contributed by atoms with van der Waals surface area (Å²) >= 11 is 0. The van der Waals surface area contributed by atoms with Gasteiger partial charge in [-0.2, -0.15) is 0 Å². The topological polar surface area (TPSA) is 64.6 Å². The van der Waals surface area contributed by atoms with E-state index in [1.807, 2.05) is 6.07 Å². The number of carbonyl (C=O) groups is 2. The largest absolute Gasteiger partial charge is 0.490 e. The van der Waals surface area contributed by atoms with Gasteiger partial charge in [0.15, 0.2) is 0 Å². The third-order valence-corrected chi connectivity index (χ3v) is 3.65. The van der Waals surface area contributed by atoms with Crippen molar-refractivity contribution in [3.63, 3.8) is 0 Å². The van der Waals surface area contributed by atoms with Gasteiger partial charge in [-0.05, 0) is 42.3 Å². The van der Waals surface area contributed by atoms with Crippen LogP contribution >= 0.6 is 0 Å². The fraction of sp³-hybridized carbons (Fsp3) is 0.222. The molecule has 6 heteroatoms. The van der Waals surface area contributed by atoms with Crippen molar-refractivity contribution in [3.05, 3.63) is 59.4 Å². The summed E-state index contributed by atoms with van der Waals surface area (Å²) in [5, 5.41) is 2.79. The molecule has 0 unspecified atom stereocenters. The third-order valence-electron chi connectivity index (χ3n) is 3.65. The predicted octanol–water partition coefficient (Wildman–Crippen LogP) is 2.95. The van der Waals surface area contributed by atoms with E-state index in [-0.39, 0.29) is 24.7 Å². The molecule has 1 heterocycles. The van der Waals surface area contributed by atoms with Crippen molar-refractivity contribution < 1.29 is 23.5 Å². The van der Waals surface area contributed by atoms with Crippen molar-refractivity contribution in [3.8, 4) is 5.75 Å². The number of halogens is 1. The molecule has 1 aliphatic heterocycles. The number of amides is 1. The predicted molar refractivity (Wildman–Crippen MR) is 85.6 cm³/mol. The van der Waals surface area contributed by atoms with Crippen LogP contribution in [0.25, 0.3) is 0 Å². The van der Waals surface area contributed by atoms with E-state index in [2.05, 4.69) is 5.32 Å². The van der Waals surface area contributed by atoms with Crippen molar-refractivity contribution in [1.82, 2.24) is 0 Å². The number of benzene rings is 2. The molecule has 0 aromatic heterocycles. The number of aryl methyl sites for hydroxylation is 1. The summed E-state index contributed by atoms with van der Waals surface area (Å²) in [5.74, 6) is -0.687. The van der Waals surface area contributed by atoms with Crippen LogP contribution in [-0.2, 0) is 16.0 Å². The van der Waals surface area contributed by atoms with Gasteiger partial charge in [-0.15, -0.1) is 0 Å². The molecule has 24 heavy (non-hydrogen) atoms. The second-order valence-electron chi connectivity index (χ2n) is 5.33. The van der Waals surface area contributed by atoms with Crippen molar-refractivity contribution in [2.24, 2.45) is 0 Å². The maximum atomic E-state index is 13.4. The third kappa shape index (κ3) is 3.71. The van der Waals surface area contributed by atoms with Crippen LogP contribution in [0.5, 0.6) is 5.75 Å². The molecule has 3 rings (SSSR count). The Labute approximate surface area is 138 Å². The molecular weight excluding hydrogens is 313 g/mol. The Morgan fingerprint density at radius 3 is 2.79 bits per heavy atom. The van der Waals surface area contributed by atoms with Gasteiger partial charge in [0.2, 0.25) is 5.91 Å². The van der Waals surface area contributed by atoms with Crippen LogP contribution in [0.4, 0.5) is 10.1 Å². The maximum absolute atomic E-state index is 13.4. The van der Waals surface area contributed by atoms with Gasteiger partial charge in [0.1, 0.15) is 24.8 Å². The molecule has 0 saturated heterocycles. The van der Waals surface area contributed by atoms with Gasteiger partial charge < -0.3 is 14.8 Å². The van der Waals surface area contributed by atoms with E-state index in [0.29, 0.717) is 18.6 Å². The van der Waals surface area contributed by atoms with Crippen LogP contribution in [0.3, 0.4) is 0 Å². The van der Waals surface area contributed by atoms with Crippen LogP contribution in [0.15, 0.2) is 42.5 Å². The number of nitrogens with one attached hydrogen (secondary N) is 1. The molecule has 0 bridgehead atoms. The van der Waals surface area contributed by atoms with Crippen molar-refractivity contribution >= 4 is 17.6 Å². The number of anilines is 1. The lowest BCUT2D eigenvalue weighted by atomic mass is 10.0. The highest BCUT2D eigenvalue weighted by Crippen LogP contribution is 2.26. The zero-order valence-electron chi connectivity index (χ0n) is 12.9. The monoisotopic (exact) mass is 329 g/mol. The smallest absolute Gasteiger partial charge is 0.341 e. The Bertz CT molecular complexity index is 775. The molecule has 2 aromatic rings. The second kappa shape index (κ2) is 7.12. The summed E-state index contributed by atoms with van der Waals surface area (Å²) in [4.78, 5) is 23.1. The van der Waals surface area contributed by atoms with Crippen molar-refractivity contribution in [1.29, 1.82) is 0 Å². The van der Waals surface area contributed by atoms with Crippen LogP contribution in [0.1, 0.15) is 22.3 Å². The Morgan fingerprint density at radius 1 is 1.12 bits per heavy atom. The van der Waals surface area contributed by atoms with Crippen molar-refractivity contribution in [2.75, 3.05) is 18.5 Å². The highest BCUT2D eigenvalue weighted by molar-refractivity contribution is 5.94. The van der Waals surface area contributed by atoms with E-state index in [4.69, 9.17) is 9.47 Å². The molecule has 0 saturated carbocycles. The number of fused-ring (bicyclic) bond motifs is 1. The summed E-state index contributed by atoms with van der Waals surface area (Å²) in [6, 6.07) is 11.0. The Morgan fingerprint density at radius 2 is 1.96 bits per heavy atom. The fourth-order valence-electron chi connectivity index (χ4n) is 2.45. The van der Waals surface area contributed by atoms with Gasteiger partial charge in [0, 0.05) is 12.1 Å². The summed E-state index contributed by atoms with van der Waals surface area (Å²) < 4.78 is 24.0. The minimum absolute atomic E-state index is 0.0104. The summed E-state index contributed by atoms with van der Waals surface area (Å²) in [6.07, 6.45) is 1.12. The SMILES string of the molecule is O=C1CCc2cc(OCCOC(=O)c3ccccc3F)ccc2N1. The number of esters is 1. The quantitative estimate of drug-likeness (QED) is 0.677. The van der Waals surface area contributed by atoms with Gasteiger partial charge in [-0.3, -0.25) is 4.79 Å². The molecule has 124 valence electrons. The first-order valence-corrected chi connectivity index (χ1v) is 7.61. The first kappa shape index (κ1) is 16.0. The van der Waals surface area contributed by atoms with Crippen molar-refractivity contribution in [2.45, 2.75) is 12.8 Å². The van der Waals surface area contributed by atoms with Crippen LogP contribution in [0, 0.1) is 5.82 Å². The lowest BCUT2D eigenvalue weighted by Gasteiger charge is -2.17. The first-order valence-electron chi connectivity index (χ1n) is 7.61. The average molecular weight is 329 g/mol. The highest BCUT2D eigenvalue weighted by Gasteiger charge is 2.15. The molecular formula is C18H16FNO4. The van der Waals surface area contributed by atoms with Gasteiger partial charge in [-0.1, -0.05) is 12.1 Å². The number of rotatable bonds is 5. The standard InChI is InChI=1S/C18H16FNO4/c19-15-4-2-1-3-14(15)18(22)24-10-9-23-13-6-7-16-12(11-13)5-8-17(21)20-16/h1-4,6-7,11H,5,8-10H2,(H,20,21). The van der Waals surface area contributed by atoms with Gasteiger partial charge in [0.25, 0.3) is 0 Å². The van der Waals surface area contributed by atoms with Crippen LogP contribution in [-0.4, -0.2) is 25.1 Å². The Hall–Kier alpha value is -2.89. The molecule has 1 N–H and O–H groups in total. The fourth-order valence-corrected chi connectivity index (χ4v) is 2.45. The summed E-state index contributed by atoms with van der Waals surface area (Å²) in [6.45, 7) is 0.173. The van der Waals surface area contributed by atoms with E-state index in [9.17, 15) is 14.0 Å². The van der Waals surface area contributed by atoms with E-state index >= 15 is 0 Å². The lowest BCUT2D eigenvalue weighted by Crippen LogP contribution is -2.19. The Kier molecular flexibility index (Phi) is 4.74. The van der Waals surface area contributed by atoms with Crippen LogP contribution in [0.2, 0.25) is 0 Å². The minimum atomic E-state index is -0.718. The van der Waals surface area contributed by atoms with E-state index in [1.54, 1.807) is 18.2 Å². The molecule has 0 atom stereocenters. The van der Waals surface area contributed by atoms with E-state index < -0.39 is 11.8 Å². The molecule has 0 spiro atoms. The number of carbonyl (C=O) groups excluding carboxylic acids is 2. The molecule has 5 nitrogen and oxygen atoms in total. The molecule has 1 aliphatic rings. The maximum Gasteiger partial charge on any atom is 0.341 e. The zero-order chi connectivity index (χ0) is 16.9. The number of hydrogen-bond acceptors (Lipinski definition) is 4. The molecule has 0 fully saturated rings. The molecule has 1 amide bonds. The average Bonchev–Trinajstić information content (AvgIpc) is 2.59. The zero-order valence-corrected chi connectivity index (χ0v) is 12.9. The summed E-state index contributed by atoms with van der Waals surface area (Å²) in [7, 11) is 0.